The monoisotopic (exact) mass is 214 g/mol. The molecule has 14 heavy (non-hydrogen) atoms. The molecular formula is C11H15ClO2. The van der Waals surface area contributed by atoms with E-state index in [1.807, 2.05) is 20.8 Å². The van der Waals surface area contributed by atoms with Gasteiger partial charge in [0.1, 0.15) is 0 Å². The van der Waals surface area contributed by atoms with Crippen LogP contribution < -0.4 is 0 Å². The van der Waals surface area contributed by atoms with Gasteiger partial charge in [0.05, 0.1) is 5.56 Å². The van der Waals surface area contributed by atoms with Crippen LogP contribution in [-0.2, 0) is 0 Å². The molecular weight excluding hydrogens is 200 g/mol. The summed E-state index contributed by atoms with van der Waals surface area (Å²) < 4.78 is 0. The van der Waals surface area contributed by atoms with Crippen LogP contribution in [0, 0.1) is 0 Å². The van der Waals surface area contributed by atoms with Crippen molar-refractivity contribution in [2.45, 2.75) is 25.6 Å². The Bertz CT molecular complexity index is 269. The second-order valence-corrected chi connectivity index (χ2v) is 4.87. The van der Waals surface area contributed by atoms with Crippen molar-refractivity contribution >= 4 is 17.6 Å². The van der Waals surface area contributed by atoms with Gasteiger partial charge in [-0.25, -0.2) is 4.79 Å². The minimum Gasteiger partial charge on any atom is -0.478 e. The molecule has 0 aliphatic heterocycles. The van der Waals surface area contributed by atoms with Crippen LogP contribution in [-0.4, -0.2) is 16.0 Å². The Kier molecular flexibility index (Phi) is 5.24. The van der Waals surface area contributed by atoms with Gasteiger partial charge in [0.25, 0.3) is 0 Å². The maximum atomic E-state index is 10.2. The summed E-state index contributed by atoms with van der Waals surface area (Å²) in [5, 5.41) is 8.38. The van der Waals surface area contributed by atoms with Crippen LogP contribution in [0.4, 0.5) is 0 Å². The Morgan fingerprint density at radius 3 is 1.79 bits per heavy atom. The molecule has 0 amide bonds. The molecule has 1 rings (SSSR count). The van der Waals surface area contributed by atoms with Gasteiger partial charge in [-0.1, -0.05) is 18.2 Å². The van der Waals surface area contributed by atoms with Crippen LogP contribution in [0.2, 0.25) is 0 Å². The first-order chi connectivity index (χ1) is 6.30. The Hall–Kier alpha value is -1.02. The second kappa shape index (κ2) is 5.66. The molecule has 0 fully saturated rings. The quantitative estimate of drug-likeness (QED) is 0.728. The lowest BCUT2D eigenvalue weighted by atomic mass is 10.2. The van der Waals surface area contributed by atoms with Gasteiger partial charge in [-0.2, -0.15) is 0 Å². The molecule has 3 heteroatoms. The summed E-state index contributed by atoms with van der Waals surface area (Å²) in [4.78, 5) is 10.2. The maximum Gasteiger partial charge on any atom is 0.335 e. The predicted molar refractivity (Wildman–Crippen MR) is 59.0 cm³/mol. The van der Waals surface area contributed by atoms with E-state index in [1.165, 1.54) is 0 Å². The SMILES string of the molecule is CC(C)(C)Cl.O=C(O)c1ccccc1. The maximum absolute atomic E-state index is 10.2. The molecule has 0 atom stereocenters. The number of hydrogen-bond donors (Lipinski definition) is 1. The zero-order chi connectivity index (χ0) is 11.2. The number of benzene rings is 1. The van der Waals surface area contributed by atoms with Crippen LogP contribution >= 0.6 is 11.6 Å². The summed E-state index contributed by atoms with van der Waals surface area (Å²) in [6, 6.07) is 8.30. The van der Waals surface area contributed by atoms with Crippen molar-refractivity contribution in [3.63, 3.8) is 0 Å². The zero-order valence-corrected chi connectivity index (χ0v) is 9.38. The van der Waals surface area contributed by atoms with E-state index in [4.69, 9.17) is 16.7 Å². The van der Waals surface area contributed by atoms with E-state index >= 15 is 0 Å². The van der Waals surface area contributed by atoms with Crippen LogP contribution in [0.25, 0.3) is 0 Å². The van der Waals surface area contributed by atoms with Crippen molar-refractivity contribution in [2.75, 3.05) is 0 Å². The lowest BCUT2D eigenvalue weighted by Gasteiger charge is -2.01. The number of carbonyl (C=O) groups is 1. The Morgan fingerprint density at radius 2 is 1.57 bits per heavy atom. The first-order valence-electron chi connectivity index (χ1n) is 4.28. The van der Waals surface area contributed by atoms with E-state index in [2.05, 4.69) is 0 Å². The third-order valence-corrected chi connectivity index (χ3v) is 1.02. The van der Waals surface area contributed by atoms with Crippen LogP contribution in [0.3, 0.4) is 0 Å². The van der Waals surface area contributed by atoms with Gasteiger partial charge in [0.2, 0.25) is 0 Å². The average molecular weight is 215 g/mol. The fourth-order valence-corrected chi connectivity index (χ4v) is 0.581. The van der Waals surface area contributed by atoms with Crippen molar-refractivity contribution in [1.82, 2.24) is 0 Å². The Labute approximate surface area is 89.5 Å². The smallest absolute Gasteiger partial charge is 0.335 e. The molecule has 0 spiro atoms. The van der Waals surface area contributed by atoms with Gasteiger partial charge in [0.15, 0.2) is 0 Å². The normalized spacial score (nSPS) is 10.0. The molecule has 0 aliphatic rings. The predicted octanol–water partition coefficient (Wildman–Crippen LogP) is 3.41. The molecule has 0 aromatic heterocycles. The number of rotatable bonds is 1. The average Bonchev–Trinajstić information content (AvgIpc) is 2.03. The minimum absolute atomic E-state index is 0.0278. The highest BCUT2D eigenvalue weighted by Crippen LogP contribution is 2.07. The standard InChI is InChI=1S/C7H6O2.C4H9Cl/c8-7(9)6-4-2-1-3-5-6;1-4(2,3)5/h1-5H,(H,8,9);1-3H3. The van der Waals surface area contributed by atoms with Crippen molar-refractivity contribution in [3.05, 3.63) is 35.9 Å². The molecule has 1 aromatic rings. The van der Waals surface area contributed by atoms with Crippen LogP contribution in [0.5, 0.6) is 0 Å². The summed E-state index contributed by atoms with van der Waals surface area (Å²) >= 11 is 5.53. The van der Waals surface area contributed by atoms with E-state index in [0.29, 0.717) is 5.56 Å². The largest absolute Gasteiger partial charge is 0.478 e. The van der Waals surface area contributed by atoms with Crippen molar-refractivity contribution in [3.8, 4) is 0 Å². The number of halogens is 1. The summed E-state index contributed by atoms with van der Waals surface area (Å²) in [7, 11) is 0. The molecule has 78 valence electrons. The molecule has 0 aliphatic carbocycles. The highest BCUT2D eigenvalue weighted by atomic mass is 35.5. The molecule has 0 bridgehead atoms. The van der Waals surface area contributed by atoms with E-state index in [0.717, 1.165) is 0 Å². The van der Waals surface area contributed by atoms with E-state index in [1.54, 1.807) is 30.3 Å². The minimum atomic E-state index is -0.879. The van der Waals surface area contributed by atoms with Gasteiger partial charge in [-0.05, 0) is 32.9 Å². The lowest BCUT2D eigenvalue weighted by Crippen LogP contribution is -1.99. The van der Waals surface area contributed by atoms with Gasteiger partial charge in [-0.3, -0.25) is 0 Å². The molecule has 0 saturated heterocycles. The van der Waals surface area contributed by atoms with Crippen LogP contribution in [0.1, 0.15) is 31.1 Å². The van der Waals surface area contributed by atoms with Gasteiger partial charge < -0.3 is 5.11 Å². The lowest BCUT2D eigenvalue weighted by molar-refractivity contribution is 0.0697. The Balaban J connectivity index is 0.000000292. The number of carboxylic acids is 1. The highest BCUT2D eigenvalue weighted by molar-refractivity contribution is 6.23. The Morgan fingerprint density at radius 1 is 1.21 bits per heavy atom. The fourth-order valence-electron chi connectivity index (χ4n) is 0.581. The summed E-state index contributed by atoms with van der Waals surface area (Å²) in [5.41, 5.74) is 0.331. The van der Waals surface area contributed by atoms with Crippen molar-refractivity contribution in [2.24, 2.45) is 0 Å². The number of aromatic carboxylic acids is 1. The molecule has 1 aromatic carbocycles. The third-order valence-electron chi connectivity index (χ3n) is 1.02. The topological polar surface area (TPSA) is 37.3 Å². The van der Waals surface area contributed by atoms with Crippen molar-refractivity contribution in [1.29, 1.82) is 0 Å². The van der Waals surface area contributed by atoms with E-state index in [9.17, 15) is 4.79 Å². The van der Waals surface area contributed by atoms with Crippen molar-refractivity contribution < 1.29 is 9.90 Å². The fraction of sp³-hybridized carbons (Fsp3) is 0.364. The van der Waals surface area contributed by atoms with Crippen LogP contribution in [0.15, 0.2) is 30.3 Å². The van der Waals surface area contributed by atoms with Gasteiger partial charge in [-0.15, -0.1) is 11.6 Å². The molecule has 2 nitrogen and oxygen atoms in total. The van der Waals surface area contributed by atoms with E-state index < -0.39 is 5.97 Å². The zero-order valence-electron chi connectivity index (χ0n) is 8.62. The van der Waals surface area contributed by atoms with Gasteiger partial charge in [0, 0.05) is 4.87 Å². The second-order valence-electron chi connectivity index (χ2n) is 3.74. The molecule has 1 N–H and O–H groups in total. The summed E-state index contributed by atoms with van der Waals surface area (Å²) in [5.74, 6) is -0.879. The number of alkyl halides is 1. The van der Waals surface area contributed by atoms with Gasteiger partial charge >= 0.3 is 5.97 Å². The molecule has 0 heterocycles. The first-order valence-corrected chi connectivity index (χ1v) is 4.66. The first kappa shape index (κ1) is 13.0. The number of hydrogen-bond acceptors (Lipinski definition) is 1. The van der Waals surface area contributed by atoms with E-state index in [-0.39, 0.29) is 4.87 Å². The molecule has 0 radical (unpaired) electrons. The highest BCUT2D eigenvalue weighted by Gasteiger charge is 1.99. The number of carboxylic acid groups (broad SMARTS) is 1. The molecule has 0 unspecified atom stereocenters. The third kappa shape index (κ3) is 9.07. The summed E-state index contributed by atoms with van der Waals surface area (Å²) in [6.07, 6.45) is 0. The molecule has 0 saturated carbocycles. The summed E-state index contributed by atoms with van der Waals surface area (Å²) in [6.45, 7) is 5.86.